The average molecular weight is 336 g/mol. The van der Waals surface area contributed by atoms with Crippen LogP contribution in [0.2, 0.25) is 0 Å². The van der Waals surface area contributed by atoms with Crippen molar-refractivity contribution in [2.24, 2.45) is 5.92 Å². The van der Waals surface area contributed by atoms with Gasteiger partial charge in [0.25, 0.3) is 0 Å². The summed E-state index contributed by atoms with van der Waals surface area (Å²) in [5, 5.41) is 11.4. The molecule has 0 saturated carbocycles. The highest BCUT2D eigenvalue weighted by molar-refractivity contribution is 6.29. The third-order valence-corrected chi connectivity index (χ3v) is 4.27. The van der Waals surface area contributed by atoms with E-state index in [1.54, 1.807) is 18.2 Å². The fourth-order valence-electron chi connectivity index (χ4n) is 3.02. The number of benzene rings is 1. The first-order chi connectivity index (χ1) is 10.9. The van der Waals surface area contributed by atoms with E-state index in [1.165, 1.54) is 5.06 Å². The lowest BCUT2D eigenvalue weighted by atomic mass is 9.76. The van der Waals surface area contributed by atoms with Gasteiger partial charge in [0.1, 0.15) is 5.75 Å². The molecule has 23 heavy (non-hydrogen) atoms. The predicted molar refractivity (Wildman–Crippen MR) is 91.2 cm³/mol. The van der Waals surface area contributed by atoms with Gasteiger partial charge in [-0.05, 0) is 42.0 Å². The summed E-state index contributed by atoms with van der Waals surface area (Å²) in [7, 11) is 0. The Morgan fingerprint density at radius 1 is 1.57 bits per heavy atom. The summed E-state index contributed by atoms with van der Waals surface area (Å²) in [6, 6.07) is 5.32. The van der Waals surface area contributed by atoms with E-state index < -0.39 is 0 Å². The van der Waals surface area contributed by atoms with E-state index in [-0.39, 0.29) is 30.1 Å². The van der Waals surface area contributed by atoms with Gasteiger partial charge in [0.15, 0.2) is 0 Å². The van der Waals surface area contributed by atoms with Gasteiger partial charge in [-0.1, -0.05) is 37.2 Å². The van der Waals surface area contributed by atoms with Crippen LogP contribution in [0.25, 0.3) is 0 Å². The number of halogens is 1. The van der Waals surface area contributed by atoms with Crippen LogP contribution in [0.5, 0.6) is 5.75 Å². The molecule has 1 aliphatic rings. The lowest BCUT2D eigenvalue weighted by molar-refractivity contribution is -0.192. The Morgan fingerprint density at radius 2 is 2.30 bits per heavy atom. The van der Waals surface area contributed by atoms with E-state index in [0.29, 0.717) is 18.0 Å². The number of rotatable bonds is 6. The molecule has 0 fully saturated rings. The summed E-state index contributed by atoms with van der Waals surface area (Å²) >= 11 is 5.80. The zero-order valence-corrected chi connectivity index (χ0v) is 14.1. The zero-order chi connectivity index (χ0) is 17.0. The standard InChI is InChI=1S/C18H22ClNO3/c1-4-9-20(11-12(2)19)23-18(22)17-7-5-14-10-15(21)6-8-16(14)13(17)3/h4,6,8,10,13,17,21H,1-2,5,7,9,11H2,3H3. The van der Waals surface area contributed by atoms with Gasteiger partial charge in [0, 0.05) is 5.03 Å². The van der Waals surface area contributed by atoms with Crippen molar-refractivity contribution in [1.29, 1.82) is 0 Å². The van der Waals surface area contributed by atoms with Crippen molar-refractivity contribution in [3.05, 3.63) is 53.6 Å². The summed E-state index contributed by atoms with van der Waals surface area (Å²) < 4.78 is 0. The predicted octanol–water partition coefficient (Wildman–Crippen LogP) is 3.76. The molecule has 0 saturated heterocycles. The van der Waals surface area contributed by atoms with Crippen LogP contribution in [-0.2, 0) is 16.1 Å². The fourth-order valence-corrected chi connectivity index (χ4v) is 3.15. The summed E-state index contributed by atoms with van der Waals surface area (Å²) in [6.45, 7) is 9.95. The molecule has 1 aromatic rings. The normalized spacial score (nSPS) is 20.0. The van der Waals surface area contributed by atoms with Crippen molar-refractivity contribution in [3.63, 3.8) is 0 Å². The molecule has 1 aromatic carbocycles. The Balaban J connectivity index is 2.09. The van der Waals surface area contributed by atoms with Crippen molar-refractivity contribution in [1.82, 2.24) is 5.06 Å². The van der Waals surface area contributed by atoms with Gasteiger partial charge in [0.05, 0.1) is 19.0 Å². The molecule has 2 unspecified atom stereocenters. The molecule has 4 nitrogen and oxygen atoms in total. The second-order valence-electron chi connectivity index (χ2n) is 5.86. The maximum Gasteiger partial charge on any atom is 0.328 e. The van der Waals surface area contributed by atoms with Crippen LogP contribution in [0.3, 0.4) is 0 Å². The van der Waals surface area contributed by atoms with Crippen LogP contribution >= 0.6 is 11.6 Å². The Kier molecular flexibility index (Phi) is 5.85. The highest BCUT2D eigenvalue weighted by Crippen LogP contribution is 2.38. The molecule has 0 bridgehead atoms. The fraction of sp³-hybridized carbons (Fsp3) is 0.389. The third kappa shape index (κ3) is 4.36. The molecule has 1 N–H and O–H groups in total. The maximum atomic E-state index is 12.5. The second kappa shape index (κ2) is 7.66. The Hall–Kier alpha value is -1.78. The molecular formula is C18H22ClNO3. The summed E-state index contributed by atoms with van der Waals surface area (Å²) in [5.74, 6) is -0.190. The third-order valence-electron chi connectivity index (χ3n) is 4.15. The topological polar surface area (TPSA) is 49.8 Å². The minimum Gasteiger partial charge on any atom is -0.508 e. The van der Waals surface area contributed by atoms with E-state index in [0.717, 1.165) is 17.5 Å². The van der Waals surface area contributed by atoms with E-state index in [1.807, 2.05) is 13.0 Å². The van der Waals surface area contributed by atoms with Crippen molar-refractivity contribution in [2.75, 3.05) is 13.1 Å². The minimum absolute atomic E-state index is 0.0386. The second-order valence-corrected chi connectivity index (χ2v) is 6.39. The van der Waals surface area contributed by atoms with Crippen molar-refractivity contribution < 1.29 is 14.7 Å². The SMILES string of the molecule is C=CCN(CC(=C)Cl)OC(=O)C1CCc2cc(O)ccc2C1C. The smallest absolute Gasteiger partial charge is 0.328 e. The minimum atomic E-state index is -0.268. The van der Waals surface area contributed by atoms with Crippen LogP contribution in [0.15, 0.2) is 42.5 Å². The lowest BCUT2D eigenvalue weighted by Crippen LogP contribution is -2.35. The first-order valence-electron chi connectivity index (χ1n) is 7.65. The number of hydroxylamine groups is 2. The number of hydrogen-bond acceptors (Lipinski definition) is 4. The quantitative estimate of drug-likeness (QED) is 0.635. The molecule has 5 heteroatoms. The number of phenols is 1. The number of carbonyl (C=O) groups excluding carboxylic acids is 1. The van der Waals surface area contributed by atoms with Crippen LogP contribution in [0.4, 0.5) is 0 Å². The van der Waals surface area contributed by atoms with Crippen LogP contribution in [0.1, 0.15) is 30.4 Å². The number of carbonyl (C=O) groups is 1. The van der Waals surface area contributed by atoms with Gasteiger partial charge in [-0.15, -0.1) is 11.6 Å². The van der Waals surface area contributed by atoms with Gasteiger partial charge < -0.3 is 9.94 Å². The molecule has 1 aliphatic carbocycles. The van der Waals surface area contributed by atoms with Crippen molar-refractivity contribution in [2.45, 2.75) is 25.7 Å². The largest absolute Gasteiger partial charge is 0.508 e. The molecule has 0 heterocycles. The van der Waals surface area contributed by atoms with Crippen LogP contribution < -0.4 is 0 Å². The molecule has 0 radical (unpaired) electrons. The Bertz CT molecular complexity index is 614. The molecule has 2 rings (SSSR count). The van der Waals surface area contributed by atoms with Gasteiger partial charge in [0.2, 0.25) is 0 Å². The molecular weight excluding hydrogens is 314 g/mol. The number of nitrogens with zero attached hydrogens (tertiary/aromatic N) is 1. The molecule has 0 amide bonds. The van der Waals surface area contributed by atoms with Crippen LogP contribution in [-0.4, -0.2) is 29.2 Å². The van der Waals surface area contributed by atoms with E-state index in [4.69, 9.17) is 16.4 Å². The van der Waals surface area contributed by atoms with E-state index in [9.17, 15) is 9.90 Å². The number of fused-ring (bicyclic) bond motifs is 1. The molecule has 2 atom stereocenters. The lowest BCUT2D eigenvalue weighted by Gasteiger charge is -2.31. The number of phenolic OH excluding ortho intramolecular Hbond substituents is 1. The monoisotopic (exact) mass is 335 g/mol. The number of aromatic hydroxyl groups is 1. The highest BCUT2D eigenvalue weighted by Gasteiger charge is 2.33. The Labute approximate surface area is 142 Å². The van der Waals surface area contributed by atoms with Gasteiger partial charge in [-0.2, -0.15) is 0 Å². The summed E-state index contributed by atoms with van der Waals surface area (Å²) in [5.41, 5.74) is 2.19. The zero-order valence-electron chi connectivity index (χ0n) is 13.3. The first-order valence-corrected chi connectivity index (χ1v) is 8.03. The van der Waals surface area contributed by atoms with Gasteiger partial charge in [-0.25, -0.2) is 0 Å². The first kappa shape index (κ1) is 17.6. The molecule has 0 spiro atoms. The highest BCUT2D eigenvalue weighted by atomic mass is 35.5. The average Bonchev–Trinajstić information content (AvgIpc) is 2.46. The van der Waals surface area contributed by atoms with E-state index in [2.05, 4.69) is 13.2 Å². The molecule has 0 aromatic heterocycles. The molecule has 124 valence electrons. The van der Waals surface area contributed by atoms with Crippen LogP contribution in [0, 0.1) is 5.92 Å². The maximum absolute atomic E-state index is 12.5. The molecule has 0 aliphatic heterocycles. The van der Waals surface area contributed by atoms with Crippen molar-refractivity contribution in [3.8, 4) is 5.75 Å². The summed E-state index contributed by atoms with van der Waals surface area (Å²) in [4.78, 5) is 18.0. The number of hydrogen-bond donors (Lipinski definition) is 1. The van der Waals surface area contributed by atoms with Gasteiger partial charge >= 0.3 is 5.97 Å². The number of aryl methyl sites for hydroxylation is 1. The van der Waals surface area contributed by atoms with Gasteiger partial charge in [-0.3, -0.25) is 4.79 Å². The Morgan fingerprint density at radius 3 is 2.96 bits per heavy atom. The van der Waals surface area contributed by atoms with E-state index >= 15 is 0 Å². The van der Waals surface area contributed by atoms with Crippen molar-refractivity contribution >= 4 is 17.6 Å². The summed E-state index contributed by atoms with van der Waals surface area (Å²) in [6.07, 6.45) is 3.09.